The molecule has 1 fully saturated rings. The van der Waals surface area contributed by atoms with Crippen LogP contribution in [0.25, 0.3) is 5.69 Å². The quantitative estimate of drug-likeness (QED) is 0.685. The third-order valence-electron chi connectivity index (χ3n) is 5.93. The van der Waals surface area contributed by atoms with Gasteiger partial charge in [-0.15, -0.1) is 0 Å². The maximum Gasteiger partial charge on any atom is 0.258 e. The van der Waals surface area contributed by atoms with Crippen LogP contribution in [0.4, 0.5) is 4.39 Å². The zero-order valence-corrected chi connectivity index (χ0v) is 18.2. The second-order valence-electron chi connectivity index (χ2n) is 7.98. The number of nitrogens with zero attached hydrogens (tertiary/aromatic N) is 3. The van der Waals surface area contributed by atoms with Crippen LogP contribution in [0.1, 0.15) is 27.3 Å². The van der Waals surface area contributed by atoms with Crippen LogP contribution in [0.5, 0.6) is 5.75 Å². The molecule has 0 bridgehead atoms. The van der Waals surface area contributed by atoms with Crippen molar-refractivity contribution in [3.05, 3.63) is 76.9 Å². The molecule has 1 saturated heterocycles. The first kappa shape index (κ1) is 21.1. The summed E-state index contributed by atoms with van der Waals surface area (Å²) in [6.07, 6.45) is 0. The minimum absolute atomic E-state index is 0.0340. The van der Waals surface area contributed by atoms with Gasteiger partial charge in [0.2, 0.25) is 0 Å². The number of benzene rings is 2. The van der Waals surface area contributed by atoms with Crippen LogP contribution >= 0.6 is 0 Å². The fourth-order valence-corrected chi connectivity index (χ4v) is 4.24. The van der Waals surface area contributed by atoms with Crippen molar-refractivity contribution in [2.45, 2.75) is 20.4 Å². The van der Waals surface area contributed by atoms with Crippen molar-refractivity contribution in [3.63, 3.8) is 0 Å². The van der Waals surface area contributed by atoms with E-state index in [1.165, 1.54) is 18.1 Å². The molecule has 7 heteroatoms. The molecule has 0 atom stereocenters. The number of piperazine rings is 1. The number of halogens is 1. The number of nitrogens with one attached hydrogen (secondary N) is 1. The van der Waals surface area contributed by atoms with E-state index in [0.717, 1.165) is 42.3 Å². The molecule has 162 valence electrons. The molecule has 0 unspecified atom stereocenters. The van der Waals surface area contributed by atoms with Crippen molar-refractivity contribution >= 4 is 5.91 Å². The highest BCUT2D eigenvalue weighted by Gasteiger charge is 2.29. The maximum absolute atomic E-state index is 14.0. The van der Waals surface area contributed by atoms with Gasteiger partial charge in [0.25, 0.3) is 5.91 Å². The van der Waals surface area contributed by atoms with E-state index in [1.54, 1.807) is 6.07 Å². The molecule has 0 aliphatic carbocycles. The number of rotatable bonds is 5. The van der Waals surface area contributed by atoms with Gasteiger partial charge in [0.1, 0.15) is 6.54 Å². The van der Waals surface area contributed by atoms with Crippen LogP contribution in [-0.4, -0.2) is 53.9 Å². The van der Waals surface area contributed by atoms with Crippen molar-refractivity contribution in [1.82, 2.24) is 14.7 Å². The lowest BCUT2D eigenvalue weighted by Crippen LogP contribution is -3.13. The Hall–Kier alpha value is -3.19. The smallest absolute Gasteiger partial charge is 0.258 e. The molecule has 0 radical (unpaired) electrons. The number of carbonyl (C=O) groups excluding carboxylic acids is 1. The summed E-state index contributed by atoms with van der Waals surface area (Å²) in [5, 5.41) is 4.61. The first-order chi connectivity index (χ1) is 15.0. The number of amides is 1. The van der Waals surface area contributed by atoms with Gasteiger partial charge in [0.15, 0.2) is 11.6 Å². The van der Waals surface area contributed by atoms with Gasteiger partial charge in [0, 0.05) is 5.56 Å². The molecule has 1 aliphatic heterocycles. The Bertz CT molecular complexity index is 1070. The van der Waals surface area contributed by atoms with Crippen molar-refractivity contribution in [1.29, 1.82) is 0 Å². The van der Waals surface area contributed by atoms with Gasteiger partial charge in [0.05, 0.1) is 55.9 Å². The number of carbonyl (C=O) groups is 1. The molecule has 3 aromatic rings. The lowest BCUT2D eigenvalue weighted by atomic mass is 10.1. The fraction of sp³-hybridized carbons (Fsp3) is 0.333. The lowest BCUT2D eigenvalue weighted by molar-refractivity contribution is -0.917. The van der Waals surface area contributed by atoms with Crippen LogP contribution in [0.3, 0.4) is 0 Å². The number of hydrogen-bond acceptors (Lipinski definition) is 3. The van der Waals surface area contributed by atoms with Crippen molar-refractivity contribution < 1.29 is 18.8 Å². The normalized spacial score (nSPS) is 14.6. The number of hydrogen-bond donors (Lipinski definition) is 1. The zero-order chi connectivity index (χ0) is 22.0. The van der Waals surface area contributed by atoms with Gasteiger partial charge < -0.3 is 14.5 Å². The predicted molar refractivity (Wildman–Crippen MR) is 116 cm³/mol. The van der Waals surface area contributed by atoms with E-state index < -0.39 is 0 Å². The van der Waals surface area contributed by atoms with Gasteiger partial charge in [-0.05, 0) is 44.2 Å². The minimum Gasteiger partial charge on any atom is -0.494 e. The Morgan fingerprint density at radius 3 is 2.48 bits per heavy atom. The Labute approximate surface area is 181 Å². The van der Waals surface area contributed by atoms with E-state index in [0.29, 0.717) is 18.7 Å². The standard InChI is InChI=1S/C24H27FN4O2/c1-17-23(18(2)29(26-17)20-7-5-4-6-8-20)24(30)28-13-11-27(12-14-28)16-19-9-10-22(31-3)21(25)15-19/h4-10,15H,11-14,16H2,1-3H3/p+1. The van der Waals surface area contributed by atoms with Crippen LogP contribution in [0.2, 0.25) is 0 Å². The summed E-state index contributed by atoms with van der Waals surface area (Å²) in [4.78, 5) is 16.5. The fourth-order valence-electron chi connectivity index (χ4n) is 4.24. The molecule has 0 spiro atoms. The number of ether oxygens (including phenoxy) is 1. The largest absolute Gasteiger partial charge is 0.494 e. The van der Waals surface area contributed by atoms with Gasteiger partial charge in [-0.25, -0.2) is 9.07 Å². The van der Waals surface area contributed by atoms with E-state index in [4.69, 9.17) is 4.74 Å². The highest BCUT2D eigenvalue weighted by Crippen LogP contribution is 2.20. The minimum atomic E-state index is -0.338. The molecule has 0 saturated carbocycles. The maximum atomic E-state index is 14.0. The molecule has 1 aliphatic rings. The van der Waals surface area contributed by atoms with Gasteiger partial charge >= 0.3 is 0 Å². The highest BCUT2D eigenvalue weighted by molar-refractivity contribution is 5.96. The van der Waals surface area contributed by atoms with Crippen LogP contribution in [0.15, 0.2) is 48.5 Å². The number of para-hydroxylation sites is 1. The van der Waals surface area contributed by atoms with Gasteiger partial charge in [-0.2, -0.15) is 5.10 Å². The number of methoxy groups -OCH3 is 1. The summed E-state index contributed by atoms with van der Waals surface area (Å²) in [5.74, 6) is -0.0442. The number of aryl methyl sites for hydroxylation is 1. The van der Waals surface area contributed by atoms with Crippen LogP contribution in [0, 0.1) is 19.7 Å². The monoisotopic (exact) mass is 423 g/mol. The molecular formula is C24H28FN4O2+. The average Bonchev–Trinajstić information content (AvgIpc) is 3.08. The second-order valence-corrected chi connectivity index (χ2v) is 7.98. The third kappa shape index (κ3) is 4.32. The molecule has 31 heavy (non-hydrogen) atoms. The Kier molecular flexibility index (Phi) is 6.04. The van der Waals surface area contributed by atoms with E-state index in [1.807, 2.05) is 59.8 Å². The topological polar surface area (TPSA) is 51.8 Å². The van der Waals surface area contributed by atoms with E-state index in [9.17, 15) is 9.18 Å². The van der Waals surface area contributed by atoms with E-state index in [-0.39, 0.29) is 17.5 Å². The molecule has 2 aromatic carbocycles. The third-order valence-corrected chi connectivity index (χ3v) is 5.93. The zero-order valence-electron chi connectivity index (χ0n) is 18.2. The average molecular weight is 424 g/mol. The summed E-state index contributed by atoms with van der Waals surface area (Å²) in [5.41, 5.74) is 4.17. The Morgan fingerprint density at radius 1 is 1.13 bits per heavy atom. The van der Waals surface area contributed by atoms with Crippen molar-refractivity contribution in [2.24, 2.45) is 0 Å². The second kappa shape index (κ2) is 8.89. The molecule has 6 nitrogen and oxygen atoms in total. The SMILES string of the molecule is COc1ccc(C[NH+]2CCN(C(=O)c3c(C)nn(-c4ccccc4)c3C)CC2)cc1F. The molecule has 4 rings (SSSR count). The Morgan fingerprint density at radius 2 is 1.84 bits per heavy atom. The summed E-state index contributed by atoms with van der Waals surface area (Å²) in [6.45, 7) is 7.55. The molecule has 1 aromatic heterocycles. The number of aromatic nitrogens is 2. The summed E-state index contributed by atoms with van der Waals surface area (Å²) < 4.78 is 20.8. The molecular weight excluding hydrogens is 395 g/mol. The summed E-state index contributed by atoms with van der Waals surface area (Å²) in [7, 11) is 1.46. The molecule has 1 N–H and O–H groups in total. The Balaban J connectivity index is 1.42. The van der Waals surface area contributed by atoms with E-state index in [2.05, 4.69) is 5.10 Å². The van der Waals surface area contributed by atoms with E-state index >= 15 is 0 Å². The summed E-state index contributed by atoms with van der Waals surface area (Å²) in [6, 6.07) is 15.0. The lowest BCUT2D eigenvalue weighted by Gasteiger charge is -2.32. The van der Waals surface area contributed by atoms with Crippen molar-refractivity contribution in [3.8, 4) is 11.4 Å². The van der Waals surface area contributed by atoms with Crippen LogP contribution in [-0.2, 0) is 6.54 Å². The predicted octanol–water partition coefficient (Wildman–Crippen LogP) is 2.18. The number of quaternary nitrogens is 1. The first-order valence-corrected chi connectivity index (χ1v) is 10.5. The molecule has 1 amide bonds. The molecule has 2 heterocycles. The summed E-state index contributed by atoms with van der Waals surface area (Å²) >= 11 is 0. The first-order valence-electron chi connectivity index (χ1n) is 10.5. The van der Waals surface area contributed by atoms with Crippen LogP contribution < -0.4 is 9.64 Å². The van der Waals surface area contributed by atoms with Gasteiger partial charge in [-0.1, -0.05) is 18.2 Å². The highest BCUT2D eigenvalue weighted by atomic mass is 19.1. The van der Waals surface area contributed by atoms with Crippen molar-refractivity contribution in [2.75, 3.05) is 33.3 Å². The van der Waals surface area contributed by atoms with Gasteiger partial charge in [-0.3, -0.25) is 4.79 Å².